The van der Waals surface area contributed by atoms with Crippen molar-refractivity contribution >= 4 is 5.91 Å². The van der Waals surface area contributed by atoms with Gasteiger partial charge >= 0.3 is 0 Å². The lowest BCUT2D eigenvalue weighted by Crippen LogP contribution is -2.52. The van der Waals surface area contributed by atoms with E-state index in [1.165, 1.54) is 0 Å². The van der Waals surface area contributed by atoms with Crippen LogP contribution in [0.1, 0.15) is 31.2 Å². The van der Waals surface area contributed by atoms with Crippen LogP contribution in [-0.2, 0) is 11.2 Å². The van der Waals surface area contributed by atoms with E-state index in [4.69, 9.17) is 5.73 Å². The van der Waals surface area contributed by atoms with Crippen molar-refractivity contribution in [3.63, 3.8) is 0 Å². The van der Waals surface area contributed by atoms with Gasteiger partial charge in [-0.25, -0.2) is 0 Å². The Kier molecular flexibility index (Phi) is 5.20. The summed E-state index contributed by atoms with van der Waals surface area (Å²) in [6.45, 7) is 0. The van der Waals surface area contributed by atoms with Crippen LogP contribution in [-0.4, -0.2) is 46.3 Å². The number of aliphatic hydroxyl groups is 1. The Hall–Kier alpha value is -1.59. The molecule has 0 radical (unpaired) electrons. The molecule has 5 nitrogen and oxygen atoms in total. The van der Waals surface area contributed by atoms with E-state index in [2.05, 4.69) is 0 Å². The van der Waals surface area contributed by atoms with Gasteiger partial charge < -0.3 is 20.8 Å². The standard InChI is InChI=1S/C16H24N2O3/c1-18(14-4-2-3-5-15(14)20)16(21)13(17)10-11-6-8-12(19)9-7-11/h6-9,13-15,19-20H,2-5,10,17H2,1H3/t13-,14?,15?/m0/s1. The summed E-state index contributed by atoms with van der Waals surface area (Å²) in [6.07, 6.45) is 3.59. The average molecular weight is 292 g/mol. The molecule has 5 heteroatoms. The molecule has 0 heterocycles. The van der Waals surface area contributed by atoms with E-state index < -0.39 is 12.1 Å². The molecule has 0 aliphatic heterocycles. The second-order valence-electron chi connectivity index (χ2n) is 5.85. The molecule has 0 bridgehead atoms. The number of hydrogen-bond donors (Lipinski definition) is 3. The van der Waals surface area contributed by atoms with Gasteiger partial charge in [0.15, 0.2) is 0 Å². The SMILES string of the molecule is CN(C(=O)[C@@H](N)Cc1ccc(O)cc1)C1CCCCC1O. The van der Waals surface area contributed by atoms with Gasteiger partial charge in [-0.05, 0) is 37.0 Å². The fourth-order valence-corrected chi connectivity index (χ4v) is 2.94. The van der Waals surface area contributed by atoms with Gasteiger partial charge in [-0.2, -0.15) is 0 Å². The van der Waals surface area contributed by atoms with Crippen LogP contribution in [0.25, 0.3) is 0 Å². The van der Waals surface area contributed by atoms with Gasteiger partial charge in [0, 0.05) is 7.05 Å². The Morgan fingerprint density at radius 3 is 2.57 bits per heavy atom. The largest absolute Gasteiger partial charge is 0.508 e. The van der Waals surface area contributed by atoms with Crippen LogP contribution in [0.15, 0.2) is 24.3 Å². The number of aromatic hydroxyl groups is 1. The molecule has 21 heavy (non-hydrogen) atoms. The molecule has 0 spiro atoms. The number of phenolic OH excluding ortho intramolecular Hbond substituents is 1. The zero-order valence-electron chi connectivity index (χ0n) is 12.4. The van der Waals surface area contributed by atoms with E-state index in [-0.39, 0.29) is 17.7 Å². The molecule has 1 saturated carbocycles. The van der Waals surface area contributed by atoms with Gasteiger partial charge in [0.1, 0.15) is 5.75 Å². The van der Waals surface area contributed by atoms with Gasteiger partial charge in [0.2, 0.25) is 5.91 Å². The number of amides is 1. The normalized spacial score (nSPS) is 23.6. The van der Waals surface area contributed by atoms with Crippen molar-refractivity contribution in [3.8, 4) is 5.75 Å². The van der Waals surface area contributed by atoms with E-state index in [1.54, 1.807) is 36.2 Å². The quantitative estimate of drug-likeness (QED) is 0.773. The van der Waals surface area contributed by atoms with Crippen molar-refractivity contribution in [2.24, 2.45) is 5.73 Å². The first-order valence-electron chi connectivity index (χ1n) is 7.47. The third-order valence-electron chi connectivity index (χ3n) is 4.25. The first-order chi connectivity index (χ1) is 9.99. The number of carbonyl (C=O) groups excluding carboxylic acids is 1. The maximum absolute atomic E-state index is 12.4. The van der Waals surface area contributed by atoms with Gasteiger partial charge in [-0.1, -0.05) is 25.0 Å². The number of carbonyl (C=O) groups is 1. The first-order valence-corrected chi connectivity index (χ1v) is 7.47. The van der Waals surface area contributed by atoms with Gasteiger partial charge in [0.05, 0.1) is 18.2 Å². The van der Waals surface area contributed by atoms with Crippen molar-refractivity contribution < 1.29 is 15.0 Å². The van der Waals surface area contributed by atoms with Gasteiger partial charge in [-0.15, -0.1) is 0 Å². The molecule has 1 aromatic rings. The highest BCUT2D eigenvalue weighted by atomic mass is 16.3. The number of phenols is 1. The van der Waals surface area contributed by atoms with Crippen LogP contribution in [0, 0.1) is 0 Å². The number of nitrogens with zero attached hydrogens (tertiary/aromatic N) is 1. The van der Waals surface area contributed by atoms with E-state index in [0.29, 0.717) is 6.42 Å². The lowest BCUT2D eigenvalue weighted by molar-refractivity contribution is -0.136. The zero-order chi connectivity index (χ0) is 15.4. The van der Waals surface area contributed by atoms with Gasteiger partial charge in [0.25, 0.3) is 0 Å². The number of hydrogen-bond acceptors (Lipinski definition) is 4. The summed E-state index contributed by atoms with van der Waals surface area (Å²) in [5.74, 6) is 0.0510. The molecule has 1 aliphatic rings. The molecular weight excluding hydrogens is 268 g/mol. The molecular formula is C16H24N2O3. The maximum Gasteiger partial charge on any atom is 0.239 e. The van der Waals surface area contributed by atoms with Crippen LogP contribution in [0.3, 0.4) is 0 Å². The Bertz CT molecular complexity index is 475. The molecule has 1 aromatic carbocycles. The van der Waals surface area contributed by atoms with Crippen LogP contribution >= 0.6 is 0 Å². The van der Waals surface area contributed by atoms with E-state index in [1.807, 2.05) is 0 Å². The summed E-state index contributed by atoms with van der Waals surface area (Å²) in [5, 5.41) is 19.3. The lowest BCUT2D eigenvalue weighted by Gasteiger charge is -2.36. The van der Waals surface area contributed by atoms with Crippen LogP contribution in [0.5, 0.6) is 5.75 Å². The Balaban J connectivity index is 1.96. The molecule has 1 fully saturated rings. The lowest BCUT2D eigenvalue weighted by atomic mass is 9.91. The second-order valence-corrected chi connectivity index (χ2v) is 5.85. The van der Waals surface area contributed by atoms with E-state index >= 15 is 0 Å². The summed E-state index contributed by atoms with van der Waals surface area (Å²) >= 11 is 0. The summed E-state index contributed by atoms with van der Waals surface area (Å²) in [6, 6.07) is 5.93. The molecule has 3 atom stereocenters. The molecule has 116 valence electrons. The monoisotopic (exact) mass is 292 g/mol. The zero-order valence-corrected chi connectivity index (χ0v) is 12.4. The minimum Gasteiger partial charge on any atom is -0.508 e. The summed E-state index contributed by atoms with van der Waals surface area (Å²) in [4.78, 5) is 14.0. The second kappa shape index (κ2) is 6.91. The van der Waals surface area contributed by atoms with Crippen molar-refractivity contribution in [3.05, 3.63) is 29.8 Å². The highest BCUT2D eigenvalue weighted by Gasteiger charge is 2.31. The van der Waals surface area contributed by atoms with Crippen LogP contribution in [0.2, 0.25) is 0 Å². The van der Waals surface area contributed by atoms with Crippen molar-refractivity contribution in [2.45, 2.75) is 50.3 Å². The van der Waals surface area contributed by atoms with Gasteiger partial charge in [-0.3, -0.25) is 4.79 Å². The molecule has 0 saturated heterocycles. The predicted octanol–water partition coefficient (Wildman–Crippen LogP) is 1.02. The number of aliphatic hydroxyl groups excluding tert-OH is 1. The fourth-order valence-electron chi connectivity index (χ4n) is 2.94. The average Bonchev–Trinajstić information content (AvgIpc) is 2.48. The fraction of sp³-hybridized carbons (Fsp3) is 0.562. The summed E-state index contributed by atoms with van der Waals surface area (Å²) < 4.78 is 0. The number of benzene rings is 1. The molecule has 2 rings (SSSR count). The molecule has 2 unspecified atom stereocenters. The van der Waals surface area contributed by atoms with E-state index in [0.717, 1.165) is 31.2 Å². The minimum atomic E-state index is -0.631. The topological polar surface area (TPSA) is 86.8 Å². The van der Waals surface area contributed by atoms with E-state index in [9.17, 15) is 15.0 Å². The molecule has 1 amide bonds. The number of likely N-dealkylation sites (N-methyl/N-ethyl adjacent to an activating group) is 1. The third-order valence-corrected chi connectivity index (χ3v) is 4.25. The van der Waals surface area contributed by atoms with Crippen LogP contribution in [0.4, 0.5) is 0 Å². The van der Waals surface area contributed by atoms with Crippen LogP contribution < -0.4 is 5.73 Å². The molecule has 4 N–H and O–H groups in total. The minimum absolute atomic E-state index is 0.128. The highest BCUT2D eigenvalue weighted by molar-refractivity contribution is 5.82. The third kappa shape index (κ3) is 3.95. The maximum atomic E-state index is 12.4. The highest BCUT2D eigenvalue weighted by Crippen LogP contribution is 2.23. The Morgan fingerprint density at radius 1 is 1.33 bits per heavy atom. The number of rotatable bonds is 4. The number of nitrogens with two attached hydrogens (primary N) is 1. The smallest absolute Gasteiger partial charge is 0.239 e. The first kappa shape index (κ1) is 15.8. The molecule has 1 aliphatic carbocycles. The Labute approximate surface area is 125 Å². The predicted molar refractivity (Wildman–Crippen MR) is 80.8 cm³/mol. The van der Waals surface area contributed by atoms with Crippen molar-refractivity contribution in [1.82, 2.24) is 4.90 Å². The summed E-state index contributed by atoms with van der Waals surface area (Å²) in [5.41, 5.74) is 6.91. The van der Waals surface area contributed by atoms with Crippen molar-refractivity contribution in [1.29, 1.82) is 0 Å². The molecule has 0 aromatic heterocycles. The van der Waals surface area contributed by atoms with Crippen molar-refractivity contribution in [2.75, 3.05) is 7.05 Å². The summed E-state index contributed by atoms with van der Waals surface area (Å²) in [7, 11) is 1.72. The Morgan fingerprint density at radius 2 is 1.95 bits per heavy atom.